The Bertz CT molecular complexity index is 541. The van der Waals surface area contributed by atoms with E-state index in [1.165, 1.54) is 12.1 Å². The quantitative estimate of drug-likeness (QED) is 0.758. The predicted molar refractivity (Wildman–Crippen MR) is 63.1 cm³/mol. The van der Waals surface area contributed by atoms with Crippen molar-refractivity contribution in [3.05, 3.63) is 35.4 Å². The summed E-state index contributed by atoms with van der Waals surface area (Å²) in [4.78, 5) is 4.15. The number of nitrogens with zero attached hydrogens (tertiary/aromatic N) is 2. The van der Waals surface area contributed by atoms with Crippen LogP contribution in [0.3, 0.4) is 0 Å². The molecule has 0 aliphatic carbocycles. The lowest BCUT2D eigenvalue weighted by Gasteiger charge is -2.21. The van der Waals surface area contributed by atoms with Gasteiger partial charge in [0.2, 0.25) is 0 Å². The molecule has 0 unspecified atom stereocenters. The van der Waals surface area contributed by atoms with Gasteiger partial charge in [-0.1, -0.05) is 32.0 Å². The van der Waals surface area contributed by atoms with Gasteiger partial charge in [-0.25, -0.2) is 4.39 Å². The monoisotopic (exact) mass is 234 g/mol. The number of hydrogen-bond donors (Lipinski definition) is 0. The van der Waals surface area contributed by atoms with Crippen LogP contribution in [0.15, 0.2) is 22.7 Å². The molecule has 0 radical (unpaired) electrons. The van der Waals surface area contributed by atoms with Crippen LogP contribution in [-0.2, 0) is 5.41 Å². The van der Waals surface area contributed by atoms with Gasteiger partial charge in [0, 0.05) is 5.56 Å². The highest BCUT2D eigenvalue weighted by Crippen LogP contribution is 2.32. The smallest absolute Gasteiger partial charge is 0.258 e. The third-order valence-electron chi connectivity index (χ3n) is 2.55. The first-order chi connectivity index (χ1) is 7.88. The van der Waals surface area contributed by atoms with E-state index in [1.54, 1.807) is 13.0 Å². The third-order valence-corrected chi connectivity index (χ3v) is 2.55. The number of aryl methyl sites for hydroxylation is 1. The minimum absolute atomic E-state index is 0.106. The largest absolute Gasteiger partial charge is 0.334 e. The number of rotatable bonds is 1. The highest BCUT2D eigenvalue weighted by molar-refractivity contribution is 5.60. The zero-order valence-corrected chi connectivity index (χ0v) is 10.4. The summed E-state index contributed by atoms with van der Waals surface area (Å²) in [6.07, 6.45) is 0. The van der Waals surface area contributed by atoms with Gasteiger partial charge in [0.05, 0.1) is 0 Å². The van der Waals surface area contributed by atoms with Crippen LogP contribution in [0.2, 0.25) is 0 Å². The van der Waals surface area contributed by atoms with Crippen LogP contribution in [-0.4, -0.2) is 10.1 Å². The Hall–Kier alpha value is -1.71. The molecule has 1 heterocycles. The summed E-state index contributed by atoms with van der Waals surface area (Å²) in [7, 11) is 0. The minimum Gasteiger partial charge on any atom is -0.334 e. The van der Waals surface area contributed by atoms with E-state index in [-0.39, 0.29) is 11.2 Å². The van der Waals surface area contributed by atoms with Crippen molar-refractivity contribution in [3.63, 3.8) is 0 Å². The second-order valence-electron chi connectivity index (χ2n) is 5.09. The molecule has 90 valence electrons. The average molecular weight is 234 g/mol. The number of benzene rings is 1. The Labute approximate surface area is 99.7 Å². The molecule has 0 N–H and O–H groups in total. The fraction of sp³-hybridized carbons (Fsp3) is 0.385. The zero-order valence-electron chi connectivity index (χ0n) is 10.4. The molecular formula is C13H15FN2O. The van der Waals surface area contributed by atoms with E-state index in [1.807, 2.05) is 0 Å². The van der Waals surface area contributed by atoms with Gasteiger partial charge in [-0.2, -0.15) is 4.98 Å². The van der Waals surface area contributed by atoms with Crippen molar-refractivity contribution in [2.24, 2.45) is 0 Å². The van der Waals surface area contributed by atoms with Crippen LogP contribution in [0.1, 0.15) is 32.2 Å². The minimum atomic E-state index is -0.302. The third kappa shape index (κ3) is 2.35. The molecule has 1 aromatic heterocycles. The summed E-state index contributed by atoms with van der Waals surface area (Å²) in [5, 5.41) is 3.74. The summed E-state index contributed by atoms with van der Waals surface area (Å²) in [5.41, 5.74) is 1.55. The predicted octanol–water partition coefficient (Wildman–Crippen LogP) is 3.48. The summed E-state index contributed by atoms with van der Waals surface area (Å²) < 4.78 is 18.5. The van der Waals surface area contributed by atoms with Crippen molar-refractivity contribution in [2.75, 3.05) is 0 Å². The van der Waals surface area contributed by atoms with Gasteiger partial charge in [-0.15, -0.1) is 0 Å². The maximum Gasteiger partial charge on any atom is 0.258 e. The van der Waals surface area contributed by atoms with Crippen molar-refractivity contribution < 1.29 is 8.91 Å². The summed E-state index contributed by atoms with van der Waals surface area (Å²) in [6, 6.07) is 4.66. The standard InChI is InChI=1S/C13H15FN2O/c1-8-15-12(17-16-8)10-7-9(14)5-6-11(10)13(2,3)4/h5-7H,1-4H3. The van der Waals surface area contributed by atoms with E-state index >= 15 is 0 Å². The summed E-state index contributed by atoms with van der Waals surface area (Å²) in [5.74, 6) is 0.611. The molecule has 0 saturated heterocycles. The second-order valence-corrected chi connectivity index (χ2v) is 5.09. The Morgan fingerprint density at radius 1 is 1.24 bits per heavy atom. The maximum absolute atomic E-state index is 13.3. The second kappa shape index (κ2) is 3.95. The Balaban J connectivity index is 2.63. The first-order valence-corrected chi connectivity index (χ1v) is 5.48. The molecule has 0 bridgehead atoms. The maximum atomic E-state index is 13.3. The summed E-state index contributed by atoms with van der Waals surface area (Å²) in [6.45, 7) is 7.93. The lowest BCUT2D eigenvalue weighted by atomic mass is 9.83. The van der Waals surface area contributed by atoms with Crippen LogP contribution >= 0.6 is 0 Å². The topological polar surface area (TPSA) is 38.9 Å². The average Bonchev–Trinajstić information content (AvgIpc) is 2.62. The normalized spacial score (nSPS) is 11.8. The van der Waals surface area contributed by atoms with E-state index in [2.05, 4.69) is 30.9 Å². The molecule has 2 rings (SSSR count). The van der Waals surface area contributed by atoms with E-state index in [0.717, 1.165) is 5.56 Å². The van der Waals surface area contributed by atoms with E-state index in [4.69, 9.17) is 4.52 Å². The lowest BCUT2D eigenvalue weighted by molar-refractivity contribution is 0.424. The molecular weight excluding hydrogens is 219 g/mol. The zero-order chi connectivity index (χ0) is 12.6. The number of hydrogen-bond acceptors (Lipinski definition) is 3. The molecule has 0 atom stereocenters. The fourth-order valence-electron chi connectivity index (χ4n) is 1.75. The summed E-state index contributed by atoms with van der Waals surface area (Å²) >= 11 is 0. The SMILES string of the molecule is Cc1noc(-c2cc(F)ccc2C(C)(C)C)n1. The number of halogens is 1. The van der Waals surface area contributed by atoms with Crippen LogP contribution in [0.4, 0.5) is 4.39 Å². The van der Waals surface area contributed by atoms with Crippen molar-refractivity contribution in [2.45, 2.75) is 33.1 Å². The van der Waals surface area contributed by atoms with Gasteiger partial charge >= 0.3 is 0 Å². The van der Waals surface area contributed by atoms with Crippen molar-refractivity contribution in [1.29, 1.82) is 0 Å². The van der Waals surface area contributed by atoms with E-state index in [0.29, 0.717) is 17.3 Å². The Kier molecular flexibility index (Phi) is 2.73. The van der Waals surface area contributed by atoms with Crippen molar-refractivity contribution in [3.8, 4) is 11.5 Å². The van der Waals surface area contributed by atoms with Crippen LogP contribution in [0, 0.1) is 12.7 Å². The molecule has 1 aromatic carbocycles. The molecule has 0 amide bonds. The van der Waals surface area contributed by atoms with Crippen LogP contribution in [0.5, 0.6) is 0 Å². The molecule has 0 aliphatic rings. The molecule has 0 aliphatic heterocycles. The van der Waals surface area contributed by atoms with Crippen LogP contribution in [0.25, 0.3) is 11.5 Å². The molecule has 2 aromatic rings. The van der Waals surface area contributed by atoms with Crippen molar-refractivity contribution in [1.82, 2.24) is 10.1 Å². The Morgan fingerprint density at radius 3 is 2.47 bits per heavy atom. The van der Waals surface area contributed by atoms with Gasteiger partial charge in [-0.05, 0) is 30.0 Å². The fourth-order valence-corrected chi connectivity index (χ4v) is 1.75. The highest BCUT2D eigenvalue weighted by atomic mass is 19.1. The lowest BCUT2D eigenvalue weighted by Crippen LogP contribution is -2.13. The Morgan fingerprint density at radius 2 is 1.94 bits per heavy atom. The van der Waals surface area contributed by atoms with E-state index < -0.39 is 0 Å². The van der Waals surface area contributed by atoms with Crippen molar-refractivity contribution >= 4 is 0 Å². The van der Waals surface area contributed by atoms with Gasteiger partial charge in [0.25, 0.3) is 5.89 Å². The van der Waals surface area contributed by atoms with Gasteiger partial charge in [-0.3, -0.25) is 0 Å². The molecule has 0 spiro atoms. The van der Waals surface area contributed by atoms with Gasteiger partial charge in [0.1, 0.15) is 5.82 Å². The number of aromatic nitrogens is 2. The molecule has 4 heteroatoms. The first-order valence-electron chi connectivity index (χ1n) is 5.48. The van der Waals surface area contributed by atoms with Gasteiger partial charge in [0.15, 0.2) is 5.82 Å². The molecule has 0 saturated carbocycles. The van der Waals surface area contributed by atoms with E-state index in [9.17, 15) is 4.39 Å². The molecule has 17 heavy (non-hydrogen) atoms. The van der Waals surface area contributed by atoms with Crippen LogP contribution < -0.4 is 0 Å². The first kappa shape index (κ1) is 11.8. The molecule has 3 nitrogen and oxygen atoms in total. The highest BCUT2D eigenvalue weighted by Gasteiger charge is 2.22. The molecule has 0 fully saturated rings. The van der Waals surface area contributed by atoms with Gasteiger partial charge < -0.3 is 4.52 Å².